The second kappa shape index (κ2) is 6.63. The zero-order chi connectivity index (χ0) is 14.4. The van der Waals surface area contributed by atoms with Crippen LogP contribution in [0.5, 0.6) is 0 Å². The highest BCUT2D eigenvalue weighted by atomic mass is 16.2. The number of nitrogen functional groups attached to an aromatic ring is 1. The first-order valence-corrected chi connectivity index (χ1v) is 6.01. The number of hydrogen-bond acceptors (Lipinski definition) is 4. The maximum absolute atomic E-state index is 11.8. The SMILES string of the molecule is CNC(=O)CCNC(=O)c1ccc(N(C)C)c(N)c1. The van der Waals surface area contributed by atoms with Gasteiger partial charge < -0.3 is 21.3 Å². The standard InChI is InChI=1S/C13H20N4O2/c1-15-12(18)6-7-16-13(19)9-4-5-11(17(2)3)10(14)8-9/h4-5,8H,6-7,14H2,1-3H3,(H,15,18)(H,16,19). The Morgan fingerprint density at radius 1 is 1.32 bits per heavy atom. The molecule has 0 bridgehead atoms. The fraction of sp³-hybridized carbons (Fsp3) is 0.385. The lowest BCUT2D eigenvalue weighted by atomic mass is 10.1. The quantitative estimate of drug-likeness (QED) is 0.663. The summed E-state index contributed by atoms with van der Waals surface area (Å²) in [6.07, 6.45) is 0.257. The molecule has 4 N–H and O–H groups in total. The van der Waals surface area contributed by atoms with Crippen molar-refractivity contribution in [1.29, 1.82) is 0 Å². The van der Waals surface area contributed by atoms with Gasteiger partial charge in [0.25, 0.3) is 5.91 Å². The minimum atomic E-state index is -0.235. The summed E-state index contributed by atoms with van der Waals surface area (Å²) < 4.78 is 0. The van der Waals surface area contributed by atoms with Crippen LogP contribution in [0.1, 0.15) is 16.8 Å². The Kier molecular flexibility index (Phi) is 5.17. The van der Waals surface area contributed by atoms with Crippen LogP contribution in [0.2, 0.25) is 0 Å². The van der Waals surface area contributed by atoms with Crippen LogP contribution in [0.25, 0.3) is 0 Å². The Morgan fingerprint density at radius 2 is 2.00 bits per heavy atom. The summed E-state index contributed by atoms with van der Waals surface area (Å²) in [5.74, 6) is -0.344. The number of carbonyl (C=O) groups is 2. The molecule has 104 valence electrons. The Bertz CT molecular complexity index is 472. The van der Waals surface area contributed by atoms with E-state index in [9.17, 15) is 9.59 Å². The van der Waals surface area contributed by atoms with Gasteiger partial charge in [-0.1, -0.05) is 0 Å². The summed E-state index contributed by atoms with van der Waals surface area (Å²) >= 11 is 0. The first-order chi connectivity index (χ1) is 8.95. The van der Waals surface area contributed by atoms with Crippen molar-refractivity contribution in [3.8, 4) is 0 Å². The minimum Gasteiger partial charge on any atom is -0.397 e. The van der Waals surface area contributed by atoms with Crippen molar-refractivity contribution in [2.45, 2.75) is 6.42 Å². The van der Waals surface area contributed by atoms with Gasteiger partial charge in [-0.3, -0.25) is 9.59 Å². The smallest absolute Gasteiger partial charge is 0.251 e. The lowest BCUT2D eigenvalue weighted by Gasteiger charge is -2.15. The fourth-order valence-corrected chi connectivity index (χ4v) is 1.62. The molecule has 2 amide bonds. The zero-order valence-corrected chi connectivity index (χ0v) is 11.5. The molecule has 1 aromatic carbocycles. The molecule has 0 unspecified atom stereocenters. The summed E-state index contributed by atoms with van der Waals surface area (Å²) in [6.45, 7) is 0.299. The number of nitrogens with one attached hydrogen (secondary N) is 2. The van der Waals surface area contributed by atoms with Gasteiger partial charge in [0.1, 0.15) is 0 Å². The molecular weight excluding hydrogens is 244 g/mol. The largest absolute Gasteiger partial charge is 0.397 e. The molecule has 6 heteroatoms. The number of benzene rings is 1. The second-order valence-corrected chi connectivity index (χ2v) is 4.35. The number of amides is 2. The normalized spacial score (nSPS) is 9.84. The van der Waals surface area contributed by atoms with Crippen LogP contribution in [0.15, 0.2) is 18.2 Å². The van der Waals surface area contributed by atoms with E-state index in [0.29, 0.717) is 17.8 Å². The molecule has 6 nitrogen and oxygen atoms in total. The van der Waals surface area contributed by atoms with E-state index in [0.717, 1.165) is 5.69 Å². The third kappa shape index (κ3) is 4.17. The van der Waals surface area contributed by atoms with Gasteiger partial charge in [0.2, 0.25) is 5.91 Å². The molecule has 0 fully saturated rings. The fourth-order valence-electron chi connectivity index (χ4n) is 1.62. The van der Waals surface area contributed by atoms with E-state index in [-0.39, 0.29) is 18.2 Å². The molecule has 0 spiro atoms. The first-order valence-electron chi connectivity index (χ1n) is 6.01. The molecule has 1 aromatic rings. The van der Waals surface area contributed by atoms with Gasteiger partial charge >= 0.3 is 0 Å². The maximum Gasteiger partial charge on any atom is 0.251 e. The molecule has 0 radical (unpaired) electrons. The highest BCUT2D eigenvalue weighted by Gasteiger charge is 2.09. The highest BCUT2D eigenvalue weighted by molar-refractivity contribution is 5.96. The summed E-state index contributed by atoms with van der Waals surface area (Å²) in [4.78, 5) is 24.7. The van der Waals surface area contributed by atoms with Crippen LogP contribution >= 0.6 is 0 Å². The molecule has 0 aliphatic rings. The number of hydrogen-bond donors (Lipinski definition) is 3. The third-order valence-electron chi connectivity index (χ3n) is 2.69. The molecule has 1 rings (SSSR count). The average molecular weight is 264 g/mol. The van der Waals surface area contributed by atoms with Crippen LogP contribution in [0.4, 0.5) is 11.4 Å². The van der Waals surface area contributed by atoms with Gasteiger partial charge in [-0.05, 0) is 18.2 Å². The predicted octanol–water partition coefficient (Wildman–Crippen LogP) is 0.201. The van der Waals surface area contributed by atoms with Gasteiger partial charge in [-0.15, -0.1) is 0 Å². The van der Waals surface area contributed by atoms with Crippen molar-refractivity contribution < 1.29 is 9.59 Å². The van der Waals surface area contributed by atoms with Crippen LogP contribution in [0, 0.1) is 0 Å². The lowest BCUT2D eigenvalue weighted by Crippen LogP contribution is -2.29. The van der Waals surface area contributed by atoms with Crippen LogP contribution in [-0.2, 0) is 4.79 Å². The van der Waals surface area contributed by atoms with E-state index < -0.39 is 0 Å². The molecule has 0 saturated carbocycles. The van der Waals surface area contributed by atoms with E-state index in [2.05, 4.69) is 10.6 Å². The van der Waals surface area contributed by atoms with Crippen molar-refractivity contribution in [3.63, 3.8) is 0 Å². The van der Waals surface area contributed by atoms with Crippen LogP contribution in [-0.4, -0.2) is 39.5 Å². The summed E-state index contributed by atoms with van der Waals surface area (Å²) in [5, 5.41) is 5.16. The maximum atomic E-state index is 11.8. The minimum absolute atomic E-state index is 0.109. The van der Waals surface area contributed by atoms with Gasteiger partial charge in [0, 0.05) is 39.7 Å². The Labute approximate surface area is 113 Å². The van der Waals surface area contributed by atoms with Gasteiger partial charge in [0.05, 0.1) is 11.4 Å². The molecule has 0 atom stereocenters. The third-order valence-corrected chi connectivity index (χ3v) is 2.69. The number of carbonyl (C=O) groups excluding carboxylic acids is 2. The van der Waals surface area contributed by atoms with Crippen LogP contribution < -0.4 is 21.3 Å². The number of anilines is 2. The van der Waals surface area contributed by atoms with Crippen molar-refractivity contribution >= 4 is 23.2 Å². The van der Waals surface area contributed by atoms with E-state index in [1.54, 1.807) is 25.2 Å². The van der Waals surface area contributed by atoms with E-state index in [1.165, 1.54) is 0 Å². The molecule has 0 aromatic heterocycles. The van der Waals surface area contributed by atoms with E-state index in [1.807, 2.05) is 19.0 Å². The molecule has 0 aliphatic carbocycles. The van der Waals surface area contributed by atoms with Gasteiger partial charge in [0.15, 0.2) is 0 Å². The van der Waals surface area contributed by atoms with Crippen molar-refractivity contribution in [1.82, 2.24) is 10.6 Å². The number of nitrogens with two attached hydrogens (primary N) is 1. The summed E-state index contributed by atoms with van der Waals surface area (Å²) in [6, 6.07) is 5.13. The van der Waals surface area contributed by atoms with Gasteiger partial charge in [-0.2, -0.15) is 0 Å². The Morgan fingerprint density at radius 3 is 2.53 bits per heavy atom. The van der Waals surface area contributed by atoms with Crippen molar-refractivity contribution in [2.75, 3.05) is 38.3 Å². The van der Waals surface area contributed by atoms with Gasteiger partial charge in [-0.25, -0.2) is 0 Å². The highest BCUT2D eigenvalue weighted by Crippen LogP contribution is 2.22. The van der Waals surface area contributed by atoms with E-state index >= 15 is 0 Å². The predicted molar refractivity (Wildman–Crippen MR) is 76.2 cm³/mol. The second-order valence-electron chi connectivity index (χ2n) is 4.35. The van der Waals surface area contributed by atoms with Crippen molar-refractivity contribution in [3.05, 3.63) is 23.8 Å². The molecule has 0 saturated heterocycles. The summed E-state index contributed by atoms with van der Waals surface area (Å²) in [7, 11) is 5.33. The Hall–Kier alpha value is -2.24. The monoisotopic (exact) mass is 264 g/mol. The molecule has 0 heterocycles. The number of nitrogens with zero attached hydrogens (tertiary/aromatic N) is 1. The van der Waals surface area contributed by atoms with Crippen molar-refractivity contribution in [2.24, 2.45) is 0 Å². The molecule has 19 heavy (non-hydrogen) atoms. The Balaban J connectivity index is 2.63. The van der Waals surface area contributed by atoms with E-state index in [4.69, 9.17) is 5.73 Å². The average Bonchev–Trinajstić information content (AvgIpc) is 2.37. The van der Waals surface area contributed by atoms with Crippen LogP contribution in [0.3, 0.4) is 0 Å². The first kappa shape index (κ1) is 14.8. The molecule has 0 aliphatic heterocycles. The number of rotatable bonds is 5. The summed E-state index contributed by atoms with van der Waals surface area (Å²) in [5.41, 5.74) is 7.77. The zero-order valence-electron chi connectivity index (χ0n) is 11.5. The molecular formula is C13H20N4O2. The lowest BCUT2D eigenvalue weighted by molar-refractivity contribution is -0.120. The topological polar surface area (TPSA) is 87.5 Å².